The Balaban J connectivity index is 2.29. The van der Waals surface area contributed by atoms with Gasteiger partial charge in [0.15, 0.2) is 0 Å². The maximum atomic E-state index is 6.23. The molecule has 1 heterocycles. The first-order valence-corrected chi connectivity index (χ1v) is 6.83. The molecule has 15 heavy (non-hydrogen) atoms. The molecule has 1 nitrogen and oxygen atoms in total. The average Bonchev–Trinajstić information content (AvgIpc) is 2.63. The van der Waals surface area contributed by atoms with Gasteiger partial charge in [-0.25, -0.2) is 0 Å². The van der Waals surface area contributed by atoms with Crippen LogP contribution in [0, 0.1) is 12.3 Å². The fraction of sp³-hybridized carbons (Fsp3) is 0.692. The Morgan fingerprint density at radius 3 is 2.53 bits per heavy atom. The van der Waals surface area contributed by atoms with E-state index in [0.29, 0.717) is 11.5 Å². The predicted molar refractivity (Wildman–Crippen MR) is 67.4 cm³/mol. The van der Waals surface area contributed by atoms with Crippen molar-refractivity contribution in [1.82, 2.24) is 0 Å². The van der Waals surface area contributed by atoms with Crippen LogP contribution in [0.4, 0.5) is 0 Å². The van der Waals surface area contributed by atoms with Crippen LogP contribution in [0.15, 0.2) is 11.4 Å². The molecule has 2 rings (SSSR count). The molecule has 0 aromatic carbocycles. The Hall–Kier alpha value is -0.340. The number of hydrogen-bond donors (Lipinski definition) is 1. The van der Waals surface area contributed by atoms with Gasteiger partial charge in [0.05, 0.1) is 0 Å². The van der Waals surface area contributed by atoms with Gasteiger partial charge >= 0.3 is 0 Å². The molecule has 1 aliphatic rings. The van der Waals surface area contributed by atoms with Gasteiger partial charge in [-0.1, -0.05) is 13.8 Å². The molecule has 1 aliphatic carbocycles. The van der Waals surface area contributed by atoms with Gasteiger partial charge in [0.25, 0.3) is 0 Å². The zero-order valence-corrected chi connectivity index (χ0v) is 10.7. The van der Waals surface area contributed by atoms with Crippen molar-refractivity contribution in [2.24, 2.45) is 11.1 Å². The largest absolute Gasteiger partial charge is 0.327 e. The van der Waals surface area contributed by atoms with Crippen LogP contribution in [-0.2, 0) is 0 Å². The molecule has 2 heteroatoms. The highest BCUT2D eigenvalue weighted by atomic mass is 32.1. The van der Waals surface area contributed by atoms with Crippen LogP contribution < -0.4 is 5.73 Å². The van der Waals surface area contributed by atoms with E-state index in [2.05, 4.69) is 32.2 Å². The molecule has 2 N–H and O–H groups in total. The summed E-state index contributed by atoms with van der Waals surface area (Å²) in [5.74, 6) is 0.725. The Kier molecular flexibility index (Phi) is 2.91. The summed E-state index contributed by atoms with van der Waals surface area (Å²) in [4.78, 5) is 1.58. The topological polar surface area (TPSA) is 26.0 Å². The molecule has 1 aromatic heterocycles. The van der Waals surface area contributed by atoms with E-state index in [1.165, 1.54) is 24.8 Å². The summed E-state index contributed by atoms with van der Waals surface area (Å²) in [5, 5.41) is 2.21. The molecule has 84 valence electrons. The lowest BCUT2D eigenvalue weighted by molar-refractivity contribution is 0.0455. The molecule has 0 spiro atoms. The SMILES string of the molecule is CCC1(CC)C(N)CC1c1sccc1C. The van der Waals surface area contributed by atoms with Crippen molar-refractivity contribution in [1.29, 1.82) is 0 Å². The highest BCUT2D eigenvalue weighted by Gasteiger charge is 2.51. The monoisotopic (exact) mass is 223 g/mol. The first-order chi connectivity index (χ1) is 7.15. The second kappa shape index (κ2) is 3.91. The van der Waals surface area contributed by atoms with Gasteiger partial charge in [-0.05, 0) is 48.6 Å². The van der Waals surface area contributed by atoms with Crippen molar-refractivity contribution in [2.45, 2.75) is 52.0 Å². The van der Waals surface area contributed by atoms with Crippen LogP contribution in [-0.4, -0.2) is 6.04 Å². The standard InChI is InChI=1S/C13H21NS/c1-4-13(5-2)10(8-11(13)14)12-9(3)6-7-15-12/h6-7,10-11H,4-5,8,14H2,1-3H3. The summed E-state index contributed by atoms with van der Waals surface area (Å²) in [5.41, 5.74) is 8.08. The van der Waals surface area contributed by atoms with Gasteiger partial charge in [-0.2, -0.15) is 0 Å². The van der Waals surface area contributed by atoms with E-state index in [1.807, 2.05) is 11.3 Å². The third-order valence-corrected chi connectivity index (χ3v) is 5.59. The first-order valence-electron chi connectivity index (χ1n) is 5.95. The fourth-order valence-corrected chi connectivity index (χ4v) is 4.37. The number of nitrogens with two attached hydrogens (primary N) is 1. The molecule has 1 aromatic rings. The highest BCUT2D eigenvalue weighted by Crippen LogP contribution is 2.57. The zero-order valence-electron chi connectivity index (χ0n) is 9.92. The molecule has 0 bridgehead atoms. The minimum atomic E-state index is 0.385. The van der Waals surface area contributed by atoms with Gasteiger partial charge in [0.1, 0.15) is 0 Å². The van der Waals surface area contributed by atoms with E-state index in [-0.39, 0.29) is 0 Å². The summed E-state index contributed by atoms with van der Waals surface area (Å²) < 4.78 is 0. The number of aryl methyl sites for hydroxylation is 1. The van der Waals surface area contributed by atoms with Crippen LogP contribution in [0.3, 0.4) is 0 Å². The lowest BCUT2D eigenvalue weighted by atomic mass is 9.53. The number of thiophene rings is 1. The molecule has 0 aliphatic heterocycles. The molecule has 0 amide bonds. The second-order valence-corrected chi connectivity index (χ2v) is 5.75. The Labute approximate surface area is 96.7 Å². The van der Waals surface area contributed by atoms with Crippen molar-refractivity contribution in [3.63, 3.8) is 0 Å². The van der Waals surface area contributed by atoms with Gasteiger partial charge in [-0.3, -0.25) is 0 Å². The van der Waals surface area contributed by atoms with E-state index in [1.54, 1.807) is 4.88 Å². The molecular formula is C13H21NS. The predicted octanol–water partition coefficient (Wildman–Crippen LogP) is 3.68. The molecule has 1 saturated carbocycles. The summed E-state index contributed by atoms with van der Waals surface area (Å²) in [6.45, 7) is 6.81. The fourth-order valence-electron chi connectivity index (χ4n) is 3.20. The minimum Gasteiger partial charge on any atom is -0.327 e. The summed E-state index contributed by atoms with van der Waals surface area (Å²) >= 11 is 1.91. The van der Waals surface area contributed by atoms with Gasteiger partial charge in [0.2, 0.25) is 0 Å². The van der Waals surface area contributed by atoms with E-state index in [0.717, 1.165) is 5.92 Å². The second-order valence-electron chi connectivity index (χ2n) is 4.80. The molecule has 2 atom stereocenters. The summed E-state index contributed by atoms with van der Waals surface area (Å²) in [7, 11) is 0. The van der Waals surface area contributed by atoms with Gasteiger partial charge in [-0.15, -0.1) is 11.3 Å². The molecule has 0 radical (unpaired) electrons. The third-order valence-electron chi connectivity index (χ3n) is 4.46. The molecule has 0 saturated heterocycles. The summed E-state index contributed by atoms with van der Waals surface area (Å²) in [6.07, 6.45) is 3.61. The smallest absolute Gasteiger partial charge is 0.0112 e. The van der Waals surface area contributed by atoms with Crippen LogP contribution in [0.25, 0.3) is 0 Å². The Bertz CT molecular complexity index is 338. The van der Waals surface area contributed by atoms with Crippen molar-refractivity contribution in [2.75, 3.05) is 0 Å². The van der Waals surface area contributed by atoms with Crippen molar-refractivity contribution < 1.29 is 0 Å². The van der Waals surface area contributed by atoms with Crippen LogP contribution in [0.5, 0.6) is 0 Å². The van der Waals surface area contributed by atoms with E-state index < -0.39 is 0 Å². The Morgan fingerprint density at radius 1 is 1.47 bits per heavy atom. The lowest BCUT2D eigenvalue weighted by Gasteiger charge is -2.54. The zero-order chi connectivity index (χ0) is 11.1. The Morgan fingerprint density at radius 2 is 2.13 bits per heavy atom. The maximum Gasteiger partial charge on any atom is 0.0112 e. The van der Waals surface area contributed by atoms with Crippen molar-refractivity contribution in [3.8, 4) is 0 Å². The van der Waals surface area contributed by atoms with Crippen molar-refractivity contribution in [3.05, 3.63) is 21.9 Å². The first kappa shape index (κ1) is 11.2. The third kappa shape index (κ3) is 1.46. The van der Waals surface area contributed by atoms with Crippen LogP contribution >= 0.6 is 11.3 Å². The summed E-state index contributed by atoms with van der Waals surface area (Å²) in [6, 6.07) is 2.65. The van der Waals surface area contributed by atoms with Crippen LogP contribution in [0.1, 0.15) is 49.5 Å². The van der Waals surface area contributed by atoms with Gasteiger partial charge < -0.3 is 5.73 Å². The molecule has 1 fully saturated rings. The maximum absolute atomic E-state index is 6.23. The van der Waals surface area contributed by atoms with E-state index in [9.17, 15) is 0 Å². The van der Waals surface area contributed by atoms with Crippen molar-refractivity contribution >= 4 is 11.3 Å². The number of rotatable bonds is 3. The lowest BCUT2D eigenvalue weighted by Crippen LogP contribution is -2.55. The normalized spacial score (nSPS) is 28.8. The molecule has 2 unspecified atom stereocenters. The minimum absolute atomic E-state index is 0.385. The van der Waals surface area contributed by atoms with E-state index in [4.69, 9.17) is 5.73 Å². The van der Waals surface area contributed by atoms with Gasteiger partial charge in [0, 0.05) is 16.8 Å². The quantitative estimate of drug-likeness (QED) is 0.831. The number of hydrogen-bond acceptors (Lipinski definition) is 2. The average molecular weight is 223 g/mol. The van der Waals surface area contributed by atoms with E-state index >= 15 is 0 Å². The van der Waals surface area contributed by atoms with Crippen LogP contribution in [0.2, 0.25) is 0 Å². The molecular weight excluding hydrogens is 202 g/mol. The highest BCUT2D eigenvalue weighted by molar-refractivity contribution is 7.10.